The molecule has 4 rings (SSSR count). The van der Waals surface area contributed by atoms with Gasteiger partial charge in [-0.1, -0.05) is 5.16 Å². The van der Waals surface area contributed by atoms with E-state index in [9.17, 15) is 4.79 Å². The Morgan fingerprint density at radius 3 is 2.50 bits per heavy atom. The maximum Gasteiger partial charge on any atom is 0.228 e. The molecule has 0 saturated heterocycles. The minimum Gasteiger partial charge on any atom is -0.439 e. The molecule has 0 atom stereocenters. The monoisotopic (exact) mass is 403 g/mol. The van der Waals surface area contributed by atoms with Crippen molar-refractivity contribution in [2.24, 2.45) is 0 Å². The summed E-state index contributed by atoms with van der Waals surface area (Å²) in [6, 6.07) is 12.7. The molecule has 8 nitrogen and oxygen atoms in total. The summed E-state index contributed by atoms with van der Waals surface area (Å²) >= 11 is 0. The van der Waals surface area contributed by atoms with Gasteiger partial charge < -0.3 is 19.1 Å². The van der Waals surface area contributed by atoms with E-state index in [1.807, 2.05) is 42.9 Å². The zero-order valence-electron chi connectivity index (χ0n) is 16.9. The van der Waals surface area contributed by atoms with Gasteiger partial charge in [-0.3, -0.25) is 4.79 Å². The highest BCUT2D eigenvalue weighted by Crippen LogP contribution is 2.23. The van der Waals surface area contributed by atoms with Crippen LogP contribution in [0.25, 0.3) is 5.82 Å². The van der Waals surface area contributed by atoms with E-state index in [1.54, 1.807) is 37.3 Å². The van der Waals surface area contributed by atoms with Crippen molar-refractivity contribution in [3.8, 4) is 17.4 Å². The number of hydrogen-bond acceptors (Lipinski definition) is 6. The number of amides is 1. The Hall–Kier alpha value is -3.94. The highest BCUT2D eigenvalue weighted by molar-refractivity contribution is 5.92. The maximum absolute atomic E-state index is 12.3. The summed E-state index contributed by atoms with van der Waals surface area (Å²) in [6.07, 6.45) is 4.03. The minimum atomic E-state index is -0.138. The van der Waals surface area contributed by atoms with Gasteiger partial charge in [-0.2, -0.15) is 4.98 Å². The van der Waals surface area contributed by atoms with Crippen molar-refractivity contribution in [3.63, 3.8) is 0 Å². The summed E-state index contributed by atoms with van der Waals surface area (Å²) in [7, 11) is 0. The smallest absolute Gasteiger partial charge is 0.228 e. The molecule has 3 heterocycles. The van der Waals surface area contributed by atoms with Crippen LogP contribution in [-0.2, 0) is 11.2 Å². The third-order valence-electron chi connectivity index (χ3n) is 4.55. The number of anilines is 1. The fraction of sp³-hybridized carbons (Fsp3) is 0.182. The summed E-state index contributed by atoms with van der Waals surface area (Å²) in [6.45, 7) is 5.44. The summed E-state index contributed by atoms with van der Waals surface area (Å²) in [5.74, 6) is 2.91. The highest BCUT2D eigenvalue weighted by Gasteiger charge is 2.13. The van der Waals surface area contributed by atoms with E-state index in [1.165, 1.54) is 0 Å². The first kappa shape index (κ1) is 19.4. The number of hydrogen-bond donors (Lipinski definition) is 1. The molecule has 152 valence electrons. The topological polar surface area (TPSA) is 95.1 Å². The van der Waals surface area contributed by atoms with E-state index in [4.69, 9.17) is 9.26 Å². The molecule has 0 aliphatic rings. The quantitative estimate of drug-likeness (QED) is 0.520. The lowest BCUT2D eigenvalue weighted by Crippen LogP contribution is -2.15. The average molecular weight is 403 g/mol. The van der Waals surface area contributed by atoms with Gasteiger partial charge in [0.05, 0.1) is 12.1 Å². The van der Waals surface area contributed by atoms with Gasteiger partial charge in [-0.05, 0) is 57.2 Å². The molecule has 0 fully saturated rings. The number of nitrogens with zero attached hydrogens (tertiary/aromatic N) is 4. The van der Waals surface area contributed by atoms with Gasteiger partial charge in [0.1, 0.15) is 23.2 Å². The molecule has 8 heteroatoms. The zero-order valence-corrected chi connectivity index (χ0v) is 16.9. The van der Waals surface area contributed by atoms with Gasteiger partial charge in [0.15, 0.2) is 0 Å². The van der Waals surface area contributed by atoms with Gasteiger partial charge in [-0.15, -0.1) is 0 Å². The first-order valence-corrected chi connectivity index (χ1v) is 9.46. The van der Waals surface area contributed by atoms with E-state index in [2.05, 4.69) is 20.4 Å². The SMILES string of the molecule is Cc1nc(Oc2ccc(NC(=O)Cc3c(C)noc3C)cc2)cc(-n2cccc2)n1. The van der Waals surface area contributed by atoms with Crippen molar-refractivity contribution in [2.75, 3.05) is 5.32 Å². The number of carbonyl (C=O) groups excluding carboxylic acids is 1. The first-order valence-electron chi connectivity index (χ1n) is 9.46. The lowest BCUT2D eigenvalue weighted by molar-refractivity contribution is -0.115. The van der Waals surface area contributed by atoms with Gasteiger partial charge in [0, 0.05) is 29.7 Å². The van der Waals surface area contributed by atoms with Crippen molar-refractivity contribution in [3.05, 3.63) is 77.7 Å². The number of nitrogens with one attached hydrogen (secondary N) is 1. The van der Waals surface area contributed by atoms with Crippen LogP contribution in [0.15, 0.2) is 59.4 Å². The van der Waals surface area contributed by atoms with Crippen LogP contribution in [0.1, 0.15) is 22.8 Å². The predicted molar refractivity (Wildman–Crippen MR) is 111 cm³/mol. The summed E-state index contributed by atoms with van der Waals surface area (Å²) < 4.78 is 12.9. The number of aryl methyl sites for hydroxylation is 3. The summed E-state index contributed by atoms with van der Waals surface area (Å²) in [5, 5.41) is 6.74. The number of carbonyl (C=O) groups is 1. The zero-order chi connectivity index (χ0) is 21.1. The molecular weight excluding hydrogens is 382 g/mol. The van der Waals surface area contributed by atoms with E-state index >= 15 is 0 Å². The van der Waals surface area contributed by atoms with E-state index in [0.29, 0.717) is 28.9 Å². The van der Waals surface area contributed by atoms with Crippen molar-refractivity contribution < 1.29 is 14.1 Å². The first-order chi connectivity index (χ1) is 14.5. The summed E-state index contributed by atoms with van der Waals surface area (Å²) in [5.41, 5.74) is 2.21. The van der Waals surface area contributed by atoms with Crippen molar-refractivity contribution in [2.45, 2.75) is 27.2 Å². The average Bonchev–Trinajstić information content (AvgIpc) is 3.35. The number of rotatable bonds is 6. The van der Waals surface area contributed by atoms with Gasteiger partial charge in [-0.25, -0.2) is 4.98 Å². The molecule has 30 heavy (non-hydrogen) atoms. The molecular formula is C22H21N5O3. The van der Waals surface area contributed by atoms with Crippen LogP contribution in [-0.4, -0.2) is 25.6 Å². The molecule has 0 aliphatic heterocycles. The second-order valence-corrected chi connectivity index (χ2v) is 6.86. The lowest BCUT2D eigenvalue weighted by atomic mass is 10.1. The van der Waals surface area contributed by atoms with Crippen LogP contribution in [0.2, 0.25) is 0 Å². The molecule has 0 aliphatic carbocycles. The van der Waals surface area contributed by atoms with Crippen LogP contribution in [0.4, 0.5) is 5.69 Å². The Labute approximate surface area is 173 Å². The Kier molecular flexibility index (Phi) is 5.30. The normalized spacial score (nSPS) is 10.8. The Morgan fingerprint density at radius 1 is 1.10 bits per heavy atom. The molecule has 3 aromatic heterocycles. The maximum atomic E-state index is 12.3. The number of benzene rings is 1. The fourth-order valence-electron chi connectivity index (χ4n) is 3.04. The van der Waals surface area contributed by atoms with E-state index in [-0.39, 0.29) is 12.3 Å². The molecule has 1 N–H and O–H groups in total. The van der Waals surface area contributed by atoms with Crippen LogP contribution in [0.3, 0.4) is 0 Å². The highest BCUT2D eigenvalue weighted by atomic mass is 16.5. The largest absolute Gasteiger partial charge is 0.439 e. The van der Waals surface area contributed by atoms with Gasteiger partial charge in [0.2, 0.25) is 11.8 Å². The van der Waals surface area contributed by atoms with Crippen molar-refractivity contribution in [1.29, 1.82) is 0 Å². The molecule has 1 amide bonds. The van der Waals surface area contributed by atoms with Crippen LogP contribution in [0, 0.1) is 20.8 Å². The number of ether oxygens (including phenoxy) is 1. The molecule has 0 saturated carbocycles. The van der Waals surface area contributed by atoms with Crippen LogP contribution < -0.4 is 10.1 Å². The fourth-order valence-corrected chi connectivity index (χ4v) is 3.04. The minimum absolute atomic E-state index is 0.138. The molecule has 0 bridgehead atoms. The second kappa shape index (κ2) is 8.20. The van der Waals surface area contributed by atoms with Crippen molar-refractivity contribution >= 4 is 11.6 Å². The third-order valence-corrected chi connectivity index (χ3v) is 4.55. The second-order valence-electron chi connectivity index (χ2n) is 6.86. The van der Waals surface area contributed by atoms with E-state index < -0.39 is 0 Å². The van der Waals surface area contributed by atoms with Crippen LogP contribution in [0.5, 0.6) is 11.6 Å². The van der Waals surface area contributed by atoms with E-state index in [0.717, 1.165) is 17.1 Å². The summed E-state index contributed by atoms with van der Waals surface area (Å²) in [4.78, 5) is 21.1. The van der Waals surface area contributed by atoms with Crippen LogP contribution >= 0.6 is 0 Å². The third kappa shape index (κ3) is 4.38. The molecule has 1 aromatic carbocycles. The molecule has 4 aromatic rings. The molecule has 0 radical (unpaired) electrons. The van der Waals surface area contributed by atoms with Crippen molar-refractivity contribution in [1.82, 2.24) is 19.7 Å². The Balaban J connectivity index is 1.42. The standard InChI is InChI=1S/C22H21N5O3/c1-14-19(15(2)30-26-14)12-21(28)25-17-6-8-18(9-7-17)29-22-13-20(23-16(3)24-22)27-10-4-5-11-27/h4-11,13H,12H2,1-3H3,(H,25,28). The Morgan fingerprint density at radius 2 is 1.83 bits per heavy atom. The molecule has 0 spiro atoms. The molecule has 0 unspecified atom stereocenters. The Bertz CT molecular complexity index is 1140. The van der Waals surface area contributed by atoms with Gasteiger partial charge in [0.25, 0.3) is 0 Å². The lowest BCUT2D eigenvalue weighted by Gasteiger charge is -2.10. The predicted octanol–water partition coefficient (Wildman–Crippen LogP) is 4.15. The van der Waals surface area contributed by atoms with Gasteiger partial charge >= 0.3 is 0 Å². The number of aromatic nitrogens is 4.